The molecule has 3 atom stereocenters. The van der Waals surface area contributed by atoms with Crippen LogP contribution in [0.2, 0.25) is 0 Å². The number of carbonyl (C=O) groups excluding carboxylic acids is 1. The van der Waals surface area contributed by atoms with Gasteiger partial charge >= 0.3 is 13.8 Å². The Balaban J connectivity index is 4.21. The van der Waals surface area contributed by atoms with Crippen LogP contribution in [-0.4, -0.2) is 66.3 Å². The lowest BCUT2D eigenvalue weighted by atomic mass is 10.0. The number of esters is 1. The minimum Gasteiger partial charge on any atom is -0.457 e. The topological polar surface area (TPSA) is 132 Å². The number of carbonyl (C=O) groups is 1. The first-order valence-electron chi connectivity index (χ1n) is 20.5. The van der Waals surface area contributed by atoms with E-state index in [1.807, 2.05) is 0 Å². The second-order valence-corrected chi connectivity index (χ2v) is 15.1. The maximum Gasteiger partial charge on any atom is 0.472 e. The van der Waals surface area contributed by atoms with Crippen molar-refractivity contribution in [2.24, 2.45) is 0 Å². The fourth-order valence-electron chi connectivity index (χ4n) is 5.49. The lowest BCUT2D eigenvalue weighted by Gasteiger charge is -2.20. The maximum absolute atomic E-state index is 12.6. The van der Waals surface area contributed by atoms with Crippen LogP contribution in [-0.2, 0) is 27.9 Å². The van der Waals surface area contributed by atoms with Crippen molar-refractivity contribution in [3.05, 3.63) is 36.5 Å². The SMILES string of the molecule is CC/C=C\C/C=C\C/C=C\CCCCCCCCOCC(COP(=O)(O)OCC(O)CO)OC(=O)CCCCCCCCCCCCCCCC. The van der Waals surface area contributed by atoms with Crippen molar-refractivity contribution in [2.75, 3.05) is 33.0 Å². The van der Waals surface area contributed by atoms with Crippen LogP contribution in [0.5, 0.6) is 0 Å². The number of allylic oxidation sites excluding steroid dienone is 6. The van der Waals surface area contributed by atoms with Crippen LogP contribution in [0.4, 0.5) is 0 Å². The number of aliphatic hydroxyl groups is 2. The number of phosphoric acid groups is 1. The van der Waals surface area contributed by atoms with E-state index in [0.29, 0.717) is 6.61 Å². The van der Waals surface area contributed by atoms with Crippen molar-refractivity contribution in [1.29, 1.82) is 0 Å². The first-order valence-corrected chi connectivity index (χ1v) is 22.0. The van der Waals surface area contributed by atoms with Crippen molar-refractivity contribution in [3.8, 4) is 0 Å². The number of unbranched alkanes of at least 4 members (excludes halogenated alkanes) is 19. The number of hydrogen-bond acceptors (Lipinski definition) is 8. The zero-order chi connectivity index (χ0) is 37.5. The standard InChI is InChI=1S/C41H77O9P/c1-3-5-7-9-11-13-15-17-19-20-22-24-26-28-30-32-34-47-37-40(38-49-51(45,46)48-36-39(43)35-42)50-41(44)33-31-29-27-25-23-21-18-16-14-12-10-8-6-4-2/h5,7,11,13,17,19,39-40,42-43H,3-4,6,8-10,12,14-16,18,20-38H2,1-2H3,(H,45,46)/b7-5-,13-11-,19-17-. The van der Waals surface area contributed by atoms with Crippen LogP contribution in [0.25, 0.3) is 0 Å². The summed E-state index contributed by atoms with van der Waals surface area (Å²) in [7, 11) is -4.51. The smallest absolute Gasteiger partial charge is 0.457 e. The molecule has 10 heteroatoms. The van der Waals surface area contributed by atoms with Gasteiger partial charge in [0.05, 0.1) is 26.4 Å². The van der Waals surface area contributed by atoms with Crippen LogP contribution < -0.4 is 0 Å². The zero-order valence-corrected chi connectivity index (χ0v) is 33.5. The molecule has 0 aliphatic carbocycles. The lowest BCUT2D eigenvalue weighted by Crippen LogP contribution is -2.29. The fourth-order valence-corrected chi connectivity index (χ4v) is 6.28. The molecule has 0 aromatic carbocycles. The summed E-state index contributed by atoms with van der Waals surface area (Å²) < 4.78 is 33.3. The zero-order valence-electron chi connectivity index (χ0n) is 32.6. The maximum atomic E-state index is 12.6. The van der Waals surface area contributed by atoms with Gasteiger partial charge in [-0.15, -0.1) is 0 Å². The first-order chi connectivity index (χ1) is 24.8. The summed E-state index contributed by atoms with van der Waals surface area (Å²) in [6, 6.07) is 0. The van der Waals surface area contributed by atoms with Crippen molar-refractivity contribution in [3.63, 3.8) is 0 Å². The molecule has 3 N–H and O–H groups in total. The summed E-state index contributed by atoms with van der Waals surface area (Å²) in [5.74, 6) is -0.387. The largest absolute Gasteiger partial charge is 0.472 e. The van der Waals surface area contributed by atoms with Crippen molar-refractivity contribution >= 4 is 13.8 Å². The minimum atomic E-state index is -4.51. The molecule has 51 heavy (non-hydrogen) atoms. The van der Waals surface area contributed by atoms with Gasteiger partial charge in [-0.2, -0.15) is 0 Å². The second kappa shape index (κ2) is 38.4. The molecular weight excluding hydrogens is 667 g/mol. The highest BCUT2D eigenvalue weighted by molar-refractivity contribution is 7.47. The molecule has 0 saturated heterocycles. The van der Waals surface area contributed by atoms with Crippen molar-refractivity contribution in [1.82, 2.24) is 0 Å². The van der Waals surface area contributed by atoms with Gasteiger partial charge in [0.1, 0.15) is 12.2 Å². The van der Waals surface area contributed by atoms with E-state index in [4.69, 9.17) is 23.6 Å². The van der Waals surface area contributed by atoms with Gasteiger partial charge in [0.25, 0.3) is 0 Å². The van der Waals surface area contributed by atoms with Gasteiger partial charge in [0.2, 0.25) is 0 Å². The molecule has 0 aromatic heterocycles. The Morgan fingerprint density at radius 2 is 1.12 bits per heavy atom. The first kappa shape index (κ1) is 49.7. The van der Waals surface area contributed by atoms with Gasteiger partial charge in [-0.3, -0.25) is 13.8 Å². The highest BCUT2D eigenvalue weighted by Crippen LogP contribution is 2.43. The van der Waals surface area contributed by atoms with Gasteiger partial charge in [-0.1, -0.05) is 159 Å². The Morgan fingerprint density at radius 1 is 0.627 bits per heavy atom. The average Bonchev–Trinajstić information content (AvgIpc) is 3.12. The molecule has 3 unspecified atom stereocenters. The van der Waals surface area contributed by atoms with E-state index < -0.39 is 33.2 Å². The molecule has 0 aliphatic heterocycles. The average molecular weight is 745 g/mol. The van der Waals surface area contributed by atoms with Crippen molar-refractivity contribution in [2.45, 2.75) is 187 Å². The summed E-state index contributed by atoms with van der Waals surface area (Å²) >= 11 is 0. The van der Waals surface area contributed by atoms with Crippen LogP contribution in [0.1, 0.15) is 174 Å². The lowest BCUT2D eigenvalue weighted by molar-refractivity contribution is -0.154. The molecule has 9 nitrogen and oxygen atoms in total. The van der Waals surface area contributed by atoms with E-state index in [1.165, 1.54) is 89.9 Å². The van der Waals surface area contributed by atoms with E-state index in [0.717, 1.165) is 64.2 Å². The quantitative estimate of drug-likeness (QED) is 0.0243. The normalized spacial score (nSPS) is 14.5. The van der Waals surface area contributed by atoms with Gasteiger partial charge in [0.15, 0.2) is 0 Å². The molecule has 0 fully saturated rings. The molecular formula is C41H77O9P. The Morgan fingerprint density at radius 3 is 1.69 bits per heavy atom. The molecule has 0 radical (unpaired) electrons. The third kappa shape index (κ3) is 38.2. The predicted molar refractivity (Wildman–Crippen MR) is 210 cm³/mol. The Kier molecular flexibility index (Phi) is 37.4. The molecule has 0 spiro atoms. The monoisotopic (exact) mass is 745 g/mol. The molecule has 300 valence electrons. The molecule has 0 aliphatic rings. The van der Waals surface area contributed by atoms with Gasteiger partial charge < -0.3 is 24.6 Å². The molecule has 0 bridgehead atoms. The summed E-state index contributed by atoms with van der Waals surface area (Å²) in [5, 5.41) is 18.3. The Bertz CT molecular complexity index is 892. The number of hydrogen-bond donors (Lipinski definition) is 3. The molecule has 0 heterocycles. The van der Waals surface area contributed by atoms with Gasteiger partial charge in [-0.25, -0.2) is 4.57 Å². The van der Waals surface area contributed by atoms with Crippen LogP contribution in [0.15, 0.2) is 36.5 Å². The number of rotatable bonds is 39. The van der Waals surface area contributed by atoms with Crippen LogP contribution >= 0.6 is 7.82 Å². The molecule has 0 rings (SSSR count). The number of aliphatic hydroxyl groups excluding tert-OH is 2. The molecule has 0 saturated carbocycles. The van der Waals surface area contributed by atoms with E-state index in [1.54, 1.807) is 0 Å². The molecule has 0 aromatic rings. The van der Waals surface area contributed by atoms with Crippen LogP contribution in [0, 0.1) is 0 Å². The Hall–Kier alpha value is -1.32. The van der Waals surface area contributed by atoms with Gasteiger partial charge in [0, 0.05) is 13.0 Å². The van der Waals surface area contributed by atoms with E-state index in [2.05, 4.69) is 50.3 Å². The number of ether oxygens (including phenoxy) is 2. The highest BCUT2D eigenvalue weighted by Gasteiger charge is 2.26. The van der Waals surface area contributed by atoms with E-state index >= 15 is 0 Å². The predicted octanol–water partition coefficient (Wildman–Crippen LogP) is 10.9. The summed E-state index contributed by atoms with van der Waals surface area (Å²) in [4.78, 5) is 22.5. The van der Waals surface area contributed by atoms with Crippen LogP contribution in [0.3, 0.4) is 0 Å². The Labute approximate surface area is 312 Å². The van der Waals surface area contributed by atoms with Crippen molar-refractivity contribution < 1.29 is 43.0 Å². The number of phosphoric ester groups is 1. The summed E-state index contributed by atoms with van der Waals surface area (Å²) in [6.07, 6.45) is 39.5. The summed E-state index contributed by atoms with van der Waals surface area (Å²) in [5.41, 5.74) is 0. The minimum absolute atomic E-state index is 0.0424. The summed E-state index contributed by atoms with van der Waals surface area (Å²) in [6.45, 7) is 3.38. The van der Waals surface area contributed by atoms with E-state index in [9.17, 15) is 19.4 Å². The van der Waals surface area contributed by atoms with Gasteiger partial charge in [-0.05, 0) is 44.9 Å². The third-order valence-corrected chi connectivity index (χ3v) is 9.54. The highest BCUT2D eigenvalue weighted by atomic mass is 31.2. The van der Waals surface area contributed by atoms with E-state index in [-0.39, 0.29) is 25.6 Å². The second-order valence-electron chi connectivity index (χ2n) is 13.6. The third-order valence-electron chi connectivity index (χ3n) is 8.59. The fraction of sp³-hybridized carbons (Fsp3) is 0.829. The molecule has 0 amide bonds.